The SMILES string of the molecule is CN(C)CCCN(C)CC(N)C12CC3CC(CC(C3)C1)C2. The van der Waals surface area contributed by atoms with Gasteiger partial charge in [-0.05, 0) is 102 Å². The predicted molar refractivity (Wildman–Crippen MR) is 89.2 cm³/mol. The summed E-state index contributed by atoms with van der Waals surface area (Å²) in [4.78, 5) is 4.75. The van der Waals surface area contributed by atoms with Crippen LogP contribution in [0.2, 0.25) is 0 Å². The van der Waals surface area contributed by atoms with Crippen LogP contribution in [-0.4, -0.2) is 56.6 Å². The Morgan fingerprint density at radius 3 is 1.95 bits per heavy atom. The number of nitrogens with zero attached hydrogens (tertiary/aromatic N) is 2. The van der Waals surface area contributed by atoms with Crippen molar-refractivity contribution in [2.24, 2.45) is 28.9 Å². The number of hydrogen-bond donors (Lipinski definition) is 1. The highest BCUT2D eigenvalue weighted by Gasteiger charge is 2.53. The van der Waals surface area contributed by atoms with Crippen LogP contribution in [-0.2, 0) is 0 Å². The predicted octanol–water partition coefficient (Wildman–Crippen LogP) is 2.41. The molecule has 0 radical (unpaired) electrons. The lowest BCUT2D eigenvalue weighted by molar-refractivity contribution is -0.0706. The van der Waals surface area contributed by atoms with Gasteiger partial charge in [0.05, 0.1) is 0 Å². The first-order chi connectivity index (χ1) is 9.97. The molecular formula is C18H35N3. The molecule has 4 bridgehead atoms. The normalized spacial score (nSPS) is 39.4. The van der Waals surface area contributed by atoms with Crippen LogP contribution in [0.4, 0.5) is 0 Å². The standard InChI is InChI=1S/C18H35N3/c1-20(2)5-4-6-21(3)13-17(19)18-10-14-7-15(11-18)9-16(8-14)12-18/h14-17H,4-13,19H2,1-3H3. The molecule has 0 aliphatic heterocycles. The van der Waals surface area contributed by atoms with Crippen molar-refractivity contribution in [3.8, 4) is 0 Å². The van der Waals surface area contributed by atoms with E-state index < -0.39 is 0 Å². The molecule has 4 rings (SSSR count). The topological polar surface area (TPSA) is 32.5 Å². The Bertz CT molecular complexity index is 317. The number of hydrogen-bond acceptors (Lipinski definition) is 3. The minimum absolute atomic E-state index is 0.398. The van der Waals surface area contributed by atoms with Crippen LogP contribution >= 0.6 is 0 Å². The fourth-order valence-electron chi connectivity index (χ4n) is 5.91. The molecule has 0 aromatic rings. The monoisotopic (exact) mass is 293 g/mol. The van der Waals surface area contributed by atoms with Crippen LogP contribution in [0.25, 0.3) is 0 Å². The quantitative estimate of drug-likeness (QED) is 0.782. The van der Waals surface area contributed by atoms with Crippen molar-refractivity contribution in [3.63, 3.8) is 0 Å². The summed E-state index contributed by atoms with van der Waals surface area (Å²) in [6.45, 7) is 3.45. The summed E-state index contributed by atoms with van der Waals surface area (Å²) < 4.78 is 0. The molecule has 3 nitrogen and oxygen atoms in total. The van der Waals surface area contributed by atoms with Gasteiger partial charge in [-0.3, -0.25) is 0 Å². The second kappa shape index (κ2) is 6.17. The van der Waals surface area contributed by atoms with Crippen LogP contribution in [0.1, 0.15) is 44.9 Å². The first-order valence-corrected chi connectivity index (χ1v) is 9.06. The van der Waals surface area contributed by atoms with Gasteiger partial charge in [-0.15, -0.1) is 0 Å². The van der Waals surface area contributed by atoms with E-state index in [0.717, 1.165) is 24.3 Å². The highest BCUT2D eigenvalue weighted by Crippen LogP contribution is 2.60. The summed E-state index contributed by atoms with van der Waals surface area (Å²) in [6.07, 6.45) is 10.1. The van der Waals surface area contributed by atoms with E-state index in [1.54, 1.807) is 0 Å². The summed E-state index contributed by atoms with van der Waals surface area (Å²) in [5, 5.41) is 0. The van der Waals surface area contributed by atoms with Gasteiger partial charge in [0.15, 0.2) is 0 Å². The Kier molecular flexibility index (Phi) is 4.63. The van der Waals surface area contributed by atoms with Crippen molar-refractivity contribution in [2.75, 3.05) is 40.8 Å². The average molecular weight is 293 g/mol. The highest BCUT2D eigenvalue weighted by atomic mass is 15.1. The third kappa shape index (κ3) is 3.46. The molecule has 21 heavy (non-hydrogen) atoms. The molecule has 4 aliphatic carbocycles. The van der Waals surface area contributed by atoms with E-state index in [2.05, 4.69) is 30.9 Å². The summed E-state index contributed by atoms with van der Waals surface area (Å²) in [7, 11) is 6.57. The maximum atomic E-state index is 6.75. The van der Waals surface area contributed by atoms with Gasteiger partial charge in [-0.1, -0.05) is 0 Å². The van der Waals surface area contributed by atoms with E-state index in [4.69, 9.17) is 5.73 Å². The van der Waals surface area contributed by atoms with Crippen LogP contribution in [0, 0.1) is 23.2 Å². The molecule has 122 valence electrons. The van der Waals surface area contributed by atoms with Gasteiger partial charge in [0.25, 0.3) is 0 Å². The molecule has 4 aliphatic rings. The van der Waals surface area contributed by atoms with Crippen molar-refractivity contribution >= 4 is 0 Å². The van der Waals surface area contributed by atoms with Gasteiger partial charge in [0.2, 0.25) is 0 Å². The highest BCUT2D eigenvalue weighted by molar-refractivity contribution is 5.05. The zero-order valence-corrected chi connectivity index (χ0v) is 14.4. The summed E-state index contributed by atoms with van der Waals surface area (Å²) >= 11 is 0. The third-order valence-electron chi connectivity index (χ3n) is 6.53. The molecule has 2 N–H and O–H groups in total. The van der Waals surface area contributed by atoms with Gasteiger partial charge < -0.3 is 15.5 Å². The van der Waals surface area contributed by atoms with E-state index in [1.807, 2.05) is 0 Å². The van der Waals surface area contributed by atoms with E-state index in [-0.39, 0.29) is 0 Å². The van der Waals surface area contributed by atoms with Crippen molar-refractivity contribution in [1.82, 2.24) is 9.80 Å². The number of rotatable bonds is 7. The molecule has 1 atom stereocenters. The molecule has 0 amide bonds. The van der Waals surface area contributed by atoms with Gasteiger partial charge in [0.1, 0.15) is 0 Å². The molecule has 4 saturated carbocycles. The van der Waals surface area contributed by atoms with Gasteiger partial charge >= 0.3 is 0 Å². The van der Waals surface area contributed by atoms with Crippen LogP contribution < -0.4 is 5.73 Å². The maximum Gasteiger partial charge on any atom is 0.0225 e. The van der Waals surface area contributed by atoms with Gasteiger partial charge in [-0.2, -0.15) is 0 Å². The molecule has 3 heteroatoms. The fraction of sp³-hybridized carbons (Fsp3) is 1.00. The van der Waals surface area contributed by atoms with Crippen molar-refractivity contribution in [3.05, 3.63) is 0 Å². The summed E-state index contributed by atoms with van der Waals surface area (Å²) in [6, 6.07) is 0.398. The lowest BCUT2D eigenvalue weighted by Gasteiger charge is -2.59. The molecule has 0 saturated heterocycles. The minimum atomic E-state index is 0.398. The molecule has 0 aromatic heterocycles. The van der Waals surface area contributed by atoms with Gasteiger partial charge in [-0.25, -0.2) is 0 Å². The molecule has 0 aromatic carbocycles. The first-order valence-electron chi connectivity index (χ1n) is 9.06. The first kappa shape index (κ1) is 15.8. The van der Waals surface area contributed by atoms with Gasteiger partial charge in [0, 0.05) is 12.6 Å². The molecular weight excluding hydrogens is 258 g/mol. The number of nitrogens with two attached hydrogens (primary N) is 1. The van der Waals surface area contributed by atoms with E-state index >= 15 is 0 Å². The second-order valence-electron chi connectivity index (χ2n) is 8.81. The second-order valence-corrected chi connectivity index (χ2v) is 8.81. The van der Waals surface area contributed by atoms with Crippen molar-refractivity contribution in [1.29, 1.82) is 0 Å². The summed E-state index contributed by atoms with van der Waals surface area (Å²) in [5.74, 6) is 3.05. The van der Waals surface area contributed by atoms with E-state index in [1.165, 1.54) is 58.0 Å². The molecule has 1 unspecified atom stereocenters. The molecule has 0 heterocycles. The molecule has 4 fully saturated rings. The smallest absolute Gasteiger partial charge is 0.0225 e. The van der Waals surface area contributed by atoms with E-state index in [0.29, 0.717) is 11.5 Å². The Morgan fingerprint density at radius 1 is 0.952 bits per heavy atom. The van der Waals surface area contributed by atoms with Crippen LogP contribution in [0.5, 0.6) is 0 Å². The molecule has 0 spiro atoms. The minimum Gasteiger partial charge on any atom is -0.326 e. The largest absolute Gasteiger partial charge is 0.326 e. The lowest BCUT2D eigenvalue weighted by Crippen LogP contribution is -2.57. The average Bonchev–Trinajstić information content (AvgIpc) is 2.36. The Morgan fingerprint density at radius 2 is 1.48 bits per heavy atom. The maximum absolute atomic E-state index is 6.75. The Labute approximate surface area is 131 Å². The van der Waals surface area contributed by atoms with Crippen molar-refractivity contribution in [2.45, 2.75) is 51.0 Å². The van der Waals surface area contributed by atoms with E-state index in [9.17, 15) is 0 Å². The van der Waals surface area contributed by atoms with Crippen molar-refractivity contribution < 1.29 is 0 Å². The van der Waals surface area contributed by atoms with Crippen LogP contribution in [0.3, 0.4) is 0 Å². The summed E-state index contributed by atoms with van der Waals surface area (Å²) in [5.41, 5.74) is 7.26. The Hall–Kier alpha value is -0.120. The lowest BCUT2D eigenvalue weighted by atomic mass is 9.48. The third-order valence-corrected chi connectivity index (χ3v) is 6.53. The number of likely N-dealkylation sites (N-methyl/N-ethyl adjacent to an activating group) is 1. The fourth-order valence-corrected chi connectivity index (χ4v) is 5.91. The zero-order chi connectivity index (χ0) is 15.0. The van der Waals surface area contributed by atoms with Crippen LogP contribution in [0.15, 0.2) is 0 Å². The Balaban J connectivity index is 1.52. The zero-order valence-electron chi connectivity index (χ0n) is 14.4.